The van der Waals surface area contributed by atoms with E-state index in [1.807, 2.05) is 0 Å². The summed E-state index contributed by atoms with van der Waals surface area (Å²) >= 11 is 0. The first-order chi connectivity index (χ1) is 7.09. The van der Waals surface area contributed by atoms with Gasteiger partial charge in [-0.2, -0.15) is 0 Å². The Morgan fingerprint density at radius 1 is 1.27 bits per heavy atom. The van der Waals surface area contributed by atoms with Crippen molar-refractivity contribution in [3.05, 3.63) is 40.2 Å². The number of aromatic nitrogens is 1. The number of aliphatic hydroxyl groups is 1. The van der Waals surface area contributed by atoms with Crippen LogP contribution in [-0.2, 0) is 0 Å². The molecular weight excluding hydrogens is 194 g/mol. The van der Waals surface area contributed by atoms with Crippen LogP contribution in [0.2, 0.25) is 0 Å². The van der Waals surface area contributed by atoms with Gasteiger partial charge in [0.2, 0.25) is 5.56 Å². The Morgan fingerprint density at radius 2 is 2.00 bits per heavy atom. The van der Waals surface area contributed by atoms with E-state index in [-0.39, 0.29) is 11.3 Å². The molecule has 0 fully saturated rings. The minimum atomic E-state index is -0.640. The summed E-state index contributed by atoms with van der Waals surface area (Å²) in [6.45, 7) is 1.64. The van der Waals surface area contributed by atoms with Crippen molar-refractivity contribution < 1.29 is 10.2 Å². The lowest BCUT2D eigenvalue weighted by Crippen LogP contribution is -2.04. The lowest BCUT2D eigenvalue weighted by molar-refractivity contribution is 0.201. The topological polar surface area (TPSA) is 73.3 Å². The molecule has 0 spiro atoms. The molecule has 0 bridgehead atoms. The number of hydrogen-bond acceptors (Lipinski definition) is 3. The van der Waals surface area contributed by atoms with Crippen LogP contribution in [-0.4, -0.2) is 15.2 Å². The maximum atomic E-state index is 11.1. The molecule has 0 aliphatic rings. The molecule has 0 amide bonds. The van der Waals surface area contributed by atoms with Crippen LogP contribution in [0.1, 0.15) is 18.6 Å². The number of phenolic OH excluding ortho intramolecular Hbond substituents is 1. The third-order valence-corrected chi connectivity index (χ3v) is 2.36. The van der Waals surface area contributed by atoms with Crippen molar-refractivity contribution in [2.24, 2.45) is 0 Å². The van der Waals surface area contributed by atoms with E-state index in [1.165, 1.54) is 12.1 Å². The molecule has 0 radical (unpaired) electrons. The number of H-pyrrole nitrogens is 1. The fourth-order valence-electron chi connectivity index (χ4n) is 1.62. The van der Waals surface area contributed by atoms with Gasteiger partial charge in [0.1, 0.15) is 5.75 Å². The number of fused-ring (bicyclic) bond motifs is 1. The summed E-state index contributed by atoms with van der Waals surface area (Å²) in [4.78, 5) is 13.6. The van der Waals surface area contributed by atoms with Crippen molar-refractivity contribution >= 4 is 10.9 Å². The van der Waals surface area contributed by atoms with Gasteiger partial charge < -0.3 is 15.2 Å². The molecule has 78 valence electrons. The van der Waals surface area contributed by atoms with E-state index in [0.717, 1.165) is 0 Å². The molecule has 4 nitrogen and oxygen atoms in total. The van der Waals surface area contributed by atoms with Crippen LogP contribution in [0.5, 0.6) is 5.75 Å². The van der Waals surface area contributed by atoms with Crippen molar-refractivity contribution in [3.8, 4) is 5.75 Å². The first-order valence-electron chi connectivity index (χ1n) is 4.62. The predicted octanol–water partition coefficient (Wildman–Crippen LogP) is 1.29. The number of aromatic amines is 1. The minimum Gasteiger partial charge on any atom is -0.506 e. The molecule has 1 aromatic heterocycles. The average Bonchev–Trinajstić information content (AvgIpc) is 2.19. The number of hydrogen-bond donors (Lipinski definition) is 3. The Bertz CT molecular complexity index is 557. The number of nitrogens with one attached hydrogen (secondary N) is 1. The average molecular weight is 205 g/mol. The molecule has 3 N–H and O–H groups in total. The Balaban J connectivity index is 2.88. The summed E-state index contributed by atoms with van der Waals surface area (Å²) < 4.78 is 0. The standard InChI is InChI=1S/C11H11NO3/c1-6(13)7-2-4-9(14)11-8(7)3-5-10(15)12-11/h2-6,13-14H,1H3,(H,12,15)/t6-/m0/s1. The van der Waals surface area contributed by atoms with E-state index in [2.05, 4.69) is 4.98 Å². The first-order valence-corrected chi connectivity index (χ1v) is 4.62. The van der Waals surface area contributed by atoms with Gasteiger partial charge in [-0.05, 0) is 24.6 Å². The van der Waals surface area contributed by atoms with Crippen molar-refractivity contribution in [2.75, 3.05) is 0 Å². The van der Waals surface area contributed by atoms with Gasteiger partial charge in [-0.3, -0.25) is 4.79 Å². The number of aromatic hydroxyl groups is 1. The van der Waals surface area contributed by atoms with Gasteiger partial charge in [0.25, 0.3) is 0 Å². The lowest BCUT2D eigenvalue weighted by Gasteiger charge is -2.09. The predicted molar refractivity (Wildman–Crippen MR) is 56.9 cm³/mol. The molecule has 4 heteroatoms. The fraction of sp³-hybridized carbons (Fsp3) is 0.182. The van der Waals surface area contributed by atoms with Crippen LogP contribution in [0.15, 0.2) is 29.1 Å². The highest BCUT2D eigenvalue weighted by molar-refractivity contribution is 5.87. The van der Waals surface area contributed by atoms with Gasteiger partial charge in [0.15, 0.2) is 0 Å². The zero-order valence-corrected chi connectivity index (χ0v) is 8.19. The molecule has 0 saturated heterocycles. The second kappa shape index (κ2) is 3.40. The van der Waals surface area contributed by atoms with Gasteiger partial charge in [-0.25, -0.2) is 0 Å². The van der Waals surface area contributed by atoms with E-state index < -0.39 is 6.10 Å². The SMILES string of the molecule is C[C@H](O)c1ccc(O)c2[nH]c(=O)ccc12. The summed E-state index contributed by atoms with van der Waals surface area (Å²) in [6.07, 6.45) is -0.640. The van der Waals surface area contributed by atoms with Gasteiger partial charge in [0.05, 0.1) is 11.6 Å². The Hall–Kier alpha value is -1.81. The quantitative estimate of drug-likeness (QED) is 0.656. The number of benzene rings is 1. The van der Waals surface area contributed by atoms with E-state index in [1.54, 1.807) is 19.1 Å². The molecule has 1 aromatic carbocycles. The van der Waals surface area contributed by atoms with Crippen LogP contribution in [0.3, 0.4) is 0 Å². The number of phenols is 1. The second-order valence-electron chi connectivity index (χ2n) is 3.46. The molecule has 15 heavy (non-hydrogen) atoms. The molecule has 1 atom stereocenters. The monoisotopic (exact) mass is 205 g/mol. The number of aliphatic hydroxyl groups excluding tert-OH is 1. The molecule has 0 unspecified atom stereocenters. The van der Waals surface area contributed by atoms with Crippen LogP contribution < -0.4 is 5.56 Å². The van der Waals surface area contributed by atoms with E-state index in [4.69, 9.17) is 0 Å². The second-order valence-corrected chi connectivity index (χ2v) is 3.46. The van der Waals surface area contributed by atoms with E-state index in [0.29, 0.717) is 16.5 Å². The number of pyridine rings is 1. The van der Waals surface area contributed by atoms with Crippen molar-refractivity contribution in [2.45, 2.75) is 13.0 Å². The zero-order valence-electron chi connectivity index (χ0n) is 8.19. The largest absolute Gasteiger partial charge is 0.506 e. The Morgan fingerprint density at radius 3 is 2.67 bits per heavy atom. The molecule has 2 rings (SSSR count). The first kappa shape index (κ1) is 9.73. The van der Waals surface area contributed by atoms with Gasteiger partial charge in [-0.15, -0.1) is 0 Å². The Kier molecular flexibility index (Phi) is 2.21. The molecule has 2 aromatic rings. The smallest absolute Gasteiger partial charge is 0.248 e. The summed E-state index contributed by atoms with van der Waals surface area (Å²) in [5.41, 5.74) is 0.764. The molecule has 0 aliphatic heterocycles. The van der Waals surface area contributed by atoms with Gasteiger partial charge in [0, 0.05) is 11.5 Å². The highest BCUT2D eigenvalue weighted by atomic mass is 16.3. The maximum absolute atomic E-state index is 11.1. The van der Waals surface area contributed by atoms with E-state index >= 15 is 0 Å². The molecule has 0 aliphatic carbocycles. The van der Waals surface area contributed by atoms with Crippen LogP contribution in [0.4, 0.5) is 0 Å². The zero-order chi connectivity index (χ0) is 11.0. The summed E-state index contributed by atoms with van der Waals surface area (Å²) in [5.74, 6) is 0.00657. The summed E-state index contributed by atoms with van der Waals surface area (Å²) in [7, 11) is 0. The van der Waals surface area contributed by atoms with Crippen molar-refractivity contribution in [1.29, 1.82) is 0 Å². The lowest BCUT2D eigenvalue weighted by atomic mass is 10.0. The van der Waals surface area contributed by atoms with Gasteiger partial charge in [-0.1, -0.05) is 6.07 Å². The third kappa shape index (κ3) is 1.59. The van der Waals surface area contributed by atoms with Crippen LogP contribution in [0, 0.1) is 0 Å². The van der Waals surface area contributed by atoms with Gasteiger partial charge >= 0.3 is 0 Å². The highest BCUT2D eigenvalue weighted by Gasteiger charge is 2.09. The minimum absolute atomic E-state index is 0.00657. The van der Waals surface area contributed by atoms with Crippen LogP contribution in [0.25, 0.3) is 10.9 Å². The van der Waals surface area contributed by atoms with Crippen LogP contribution >= 0.6 is 0 Å². The number of rotatable bonds is 1. The molecule has 0 saturated carbocycles. The normalized spacial score (nSPS) is 12.9. The molecular formula is C11H11NO3. The highest BCUT2D eigenvalue weighted by Crippen LogP contribution is 2.28. The van der Waals surface area contributed by atoms with E-state index in [9.17, 15) is 15.0 Å². The fourth-order valence-corrected chi connectivity index (χ4v) is 1.62. The summed E-state index contributed by atoms with van der Waals surface area (Å²) in [6, 6.07) is 6.06. The third-order valence-electron chi connectivity index (χ3n) is 2.36. The summed E-state index contributed by atoms with van der Waals surface area (Å²) in [5, 5.41) is 19.7. The van der Waals surface area contributed by atoms with Crippen molar-refractivity contribution in [1.82, 2.24) is 4.98 Å². The maximum Gasteiger partial charge on any atom is 0.248 e. The molecule has 1 heterocycles. The Labute approximate surface area is 85.8 Å². The van der Waals surface area contributed by atoms with Crippen molar-refractivity contribution in [3.63, 3.8) is 0 Å².